The van der Waals surface area contributed by atoms with Crippen molar-refractivity contribution in [3.63, 3.8) is 0 Å². The maximum atomic E-state index is 12.7. The smallest absolute Gasteiger partial charge is 0.325 e. The van der Waals surface area contributed by atoms with Crippen molar-refractivity contribution in [3.05, 3.63) is 35.9 Å². The molecule has 1 aromatic carbocycles. The minimum Gasteiger partial charge on any atom is -0.468 e. The highest BCUT2D eigenvalue weighted by molar-refractivity contribution is 5.96. The zero-order valence-electron chi connectivity index (χ0n) is 15.3. The Morgan fingerprint density at radius 1 is 1.23 bits per heavy atom. The summed E-state index contributed by atoms with van der Waals surface area (Å²) in [5.74, 6) is -0.600. The summed E-state index contributed by atoms with van der Waals surface area (Å²) in [6.45, 7) is 2.05. The highest BCUT2D eigenvalue weighted by Gasteiger charge is 2.59. The lowest BCUT2D eigenvalue weighted by molar-refractivity contribution is -0.194. The number of rotatable bonds is 6. The molecule has 3 atom stereocenters. The van der Waals surface area contributed by atoms with Crippen LogP contribution in [0.25, 0.3) is 0 Å². The first-order valence-electron chi connectivity index (χ1n) is 9.03. The van der Waals surface area contributed by atoms with E-state index in [0.29, 0.717) is 19.4 Å². The number of likely N-dealkylation sites (tertiary alicyclic amines) is 1. The number of hydrogen-bond acceptors (Lipinski definition) is 5. The van der Waals surface area contributed by atoms with Crippen LogP contribution in [0.3, 0.4) is 0 Å². The Balaban J connectivity index is 1.79. The molecule has 140 valence electrons. The van der Waals surface area contributed by atoms with E-state index < -0.39 is 23.5 Å². The number of amides is 1. The van der Waals surface area contributed by atoms with E-state index in [9.17, 15) is 14.4 Å². The number of nitrogens with zero attached hydrogens (tertiary/aromatic N) is 1. The van der Waals surface area contributed by atoms with Gasteiger partial charge >= 0.3 is 5.97 Å². The summed E-state index contributed by atoms with van der Waals surface area (Å²) in [7, 11) is 1.29. The number of β-lactam (4-membered cyclic amide) rings is 1. The van der Waals surface area contributed by atoms with Crippen LogP contribution in [-0.4, -0.2) is 48.4 Å². The third kappa shape index (κ3) is 3.38. The Morgan fingerprint density at radius 3 is 2.62 bits per heavy atom. The van der Waals surface area contributed by atoms with Gasteiger partial charge in [-0.05, 0) is 18.4 Å². The first-order valence-corrected chi connectivity index (χ1v) is 9.03. The second-order valence-electron chi connectivity index (χ2n) is 7.25. The van der Waals surface area contributed by atoms with Crippen LogP contribution >= 0.6 is 0 Å². The van der Waals surface area contributed by atoms with Crippen LogP contribution in [0.4, 0.5) is 0 Å². The minimum absolute atomic E-state index is 0.143. The number of methoxy groups -OCH3 is 1. The van der Waals surface area contributed by atoms with Gasteiger partial charge in [-0.25, -0.2) is 0 Å². The standard InChI is InChI=1S/C20H25NO5/c1-20(11-7-6-10-15(20)22)18-17(19(24)21(18)12-16(23)25-2)26-13-14-8-4-3-5-9-14/h3-5,8-9,17-18H,6-7,10-13H2,1-2H3/t17-,18-,20-/m1/s1. The van der Waals surface area contributed by atoms with Crippen LogP contribution < -0.4 is 0 Å². The third-order valence-corrected chi connectivity index (χ3v) is 5.59. The molecule has 1 saturated heterocycles. The van der Waals surface area contributed by atoms with Crippen LogP contribution in [0, 0.1) is 5.41 Å². The van der Waals surface area contributed by atoms with E-state index in [1.807, 2.05) is 37.3 Å². The van der Waals surface area contributed by atoms with Gasteiger partial charge in [0, 0.05) is 11.8 Å². The second kappa shape index (κ2) is 7.58. The molecule has 1 heterocycles. The molecule has 2 aliphatic rings. The normalized spacial score (nSPS) is 28.6. The Morgan fingerprint density at radius 2 is 1.96 bits per heavy atom. The van der Waals surface area contributed by atoms with Crippen molar-refractivity contribution >= 4 is 17.7 Å². The average molecular weight is 359 g/mol. The molecule has 0 bridgehead atoms. The Labute approximate surface area is 153 Å². The van der Waals surface area contributed by atoms with Crippen LogP contribution in [-0.2, 0) is 30.5 Å². The summed E-state index contributed by atoms with van der Waals surface area (Å²) >= 11 is 0. The van der Waals surface area contributed by atoms with Crippen LogP contribution in [0.2, 0.25) is 0 Å². The van der Waals surface area contributed by atoms with Crippen molar-refractivity contribution in [2.45, 2.75) is 51.4 Å². The molecule has 0 radical (unpaired) electrons. The van der Waals surface area contributed by atoms with Crippen LogP contribution in [0.15, 0.2) is 30.3 Å². The quantitative estimate of drug-likeness (QED) is 0.574. The van der Waals surface area contributed by atoms with Gasteiger partial charge in [-0.15, -0.1) is 0 Å². The summed E-state index contributed by atoms with van der Waals surface area (Å²) in [6, 6.07) is 9.17. The Kier molecular flexibility index (Phi) is 5.41. The second-order valence-corrected chi connectivity index (χ2v) is 7.25. The van der Waals surface area contributed by atoms with Crippen molar-refractivity contribution < 1.29 is 23.9 Å². The first-order chi connectivity index (χ1) is 12.5. The molecule has 3 rings (SSSR count). The third-order valence-electron chi connectivity index (χ3n) is 5.59. The molecule has 1 aliphatic carbocycles. The van der Waals surface area contributed by atoms with Gasteiger partial charge < -0.3 is 14.4 Å². The summed E-state index contributed by atoms with van der Waals surface area (Å²) in [4.78, 5) is 38.5. The van der Waals surface area contributed by atoms with E-state index in [-0.39, 0.29) is 18.2 Å². The van der Waals surface area contributed by atoms with Gasteiger partial charge in [-0.2, -0.15) is 0 Å². The number of carbonyl (C=O) groups excluding carboxylic acids is 3. The van der Waals surface area contributed by atoms with Crippen molar-refractivity contribution in [1.29, 1.82) is 0 Å². The van der Waals surface area contributed by atoms with Gasteiger partial charge in [0.2, 0.25) is 0 Å². The van der Waals surface area contributed by atoms with Crippen LogP contribution in [0.1, 0.15) is 38.2 Å². The molecule has 6 heteroatoms. The van der Waals surface area contributed by atoms with Gasteiger partial charge in [0.15, 0.2) is 6.10 Å². The minimum atomic E-state index is -0.702. The molecule has 0 spiro atoms. The zero-order valence-corrected chi connectivity index (χ0v) is 15.3. The van der Waals surface area contributed by atoms with Crippen molar-refractivity contribution in [1.82, 2.24) is 4.90 Å². The molecule has 1 aliphatic heterocycles. The van der Waals surface area contributed by atoms with E-state index in [1.165, 1.54) is 12.0 Å². The molecule has 0 N–H and O–H groups in total. The monoisotopic (exact) mass is 359 g/mol. The lowest BCUT2D eigenvalue weighted by Gasteiger charge is -2.54. The Hall–Kier alpha value is -2.21. The van der Waals surface area contributed by atoms with E-state index >= 15 is 0 Å². The molecule has 0 aromatic heterocycles. The predicted molar refractivity (Wildman–Crippen MR) is 94.1 cm³/mol. The van der Waals surface area contributed by atoms with E-state index in [0.717, 1.165) is 18.4 Å². The van der Waals surface area contributed by atoms with Gasteiger partial charge in [0.05, 0.1) is 19.8 Å². The molecule has 6 nitrogen and oxygen atoms in total. The van der Waals surface area contributed by atoms with Crippen molar-refractivity contribution in [2.24, 2.45) is 5.41 Å². The average Bonchev–Trinajstić information content (AvgIpc) is 2.66. The number of carbonyl (C=O) groups is 3. The lowest BCUT2D eigenvalue weighted by Crippen LogP contribution is -2.73. The zero-order chi connectivity index (χ0) is 18.7. The lowest BCUT2D eigenvalue weighted by atomic mass is 9.64. The van der Waals surface area contributed by atoms with E-state index in [4.69, 9.17) is 9.47 Å². The topological polar surface area (TPSA) is 72.9 Å². The molecule has 1 amide bonds. The highest BCUT2D eigenvalue weighted by atomic mass is 16.5. The fourth-order valence-electron chi connectivity index (χ4n) is 4.01. The number of ether oxygens (including phenoxy) is 2. The fourth-order valence-corrected chi connectivity index (χ4v) is 4.01. The van der Waals surface area contributed by atoms with Crippen LogP contribution in [0.5, 0.6) is 0 Å². The van der Waals surface area contributed by atoms with Gasteiger partial charge in [-0.1, -0.05) is 43.7 Å². The first kappa shape index (κ1) is 18.6. The maximum absolute atomic E-state index is 12.7. The Bertz CT molecular complexity index is 689. The molecule has 0 unspecified atom stereocenters. The fraction of sp³-hybridized carbons (Fsp3) is 0.550. The van der Waals surface area contributed by atoms with Gasteiger partial charge in [-0.3, -0.25) is 14.4 Å². The molecule has 2 fully saturated rings. The molecule has 26 heavy (non-hydrogen) atoms. The van der Waals surface area contributed by atoms with E-state index in [2.05, 4.69) is 0 Å². The predicted octanol–water partition coefficient (Wildman–Crippen LogP) is 2.10. The molecular weight excluding hydrogens is 334 g/mol. The number of Topliss-reactive ketones (excluding diaryl/α,β-unsaturated/α-hetero) is 1. The SMILES string of the molecule is COC(=O)CN1C(=O)[C@H](OCc2ccccc2)[C@@H]1[C@]1(C)CCCCC1=O. The van der Waals surface area contributed by atoms with Gasteiger partial charge in [0.25, 0.3) is 5.91 Å². The molecule has 1 saturated carbocycles. The number of benzene rings is 1. The number of esters is 1. The van der Waals surface area contributed by atoms with Crippen molar-refractivity contribution in [3.8, 4) is 0 Å². The number of hydrogen-bond donors (Lipinski definition) is 0. The maximum Gasteiger partial charge on any atom is 0.325 e. The summed E-state index contributed by atoms with van der Waals surface area (Å²) in [5.41, 5.74) is 0.284. The molecule has 1 aromatic rings. The number of ketones is 1. The largest absolute Gasteiger partial charge is 0.468 e. The summed E-state index contributed by atoms with van der Waals surface area (Å²) in [6.07, 6.45) is 2.32. The summed E-state index contributed by atoms with van der Waals surface area (Å²) < 4.78 is 10.6. The molecular formula is C20H25NO5. The van der Waals surface area contributed by atoms with Gasteiger partial charge in [0.1, 0.15) is 12.3 Å². The summed E-state index contributed by atoms with van der Waals surface area (Å²) in [5, 5.41) is 0. The van der Waals surface area contributed by atoms with E-state index in [1.54, 1.807) is 0 Å². The van der Waals surface area contributed by atoms with Crippen molar-refractivity contribution in [2.75, 3.05) is 13.7 Å². The highest BCUT2D eigenvalue weighted by Crippen LogP contribution is 2.45.